The maximum Gasteiger partial charge on any atom is 0.254 e. The van der Waals surface area contributed by atoms with Gasteiger partial charge in [0.15, 0.2) is 0 Å². The van der Waals surface area contributed by atoms with Gasteiger partial charge in [0.05, 0.1) is 6.04 Å². The highest BCUT2D eigenvalue weighted by Gasteiger charge is 2.52. The van der Waals surface area contributed by atoms with Gasteiger partial charge >= 0.3 is 0 Å². The van der Waals surface area contributed by atoms with Crippen molar-refractivity contribution < 1.29 is 23.8 Å². The third kappa shape index (κ3) is 3.78. The molecule has 1 aromatic carbocycles. The number of rotatable bonds is 6. The molecule has 1 heterocycles. The molecule has 1 aromatic rings. The smallest absolute Gasteiger partial charge is 0.254 e. The van der Waals surface area contributed by atoms with E-state index in [1.165, 1.54) is 0 Å². The van der Waals surface area contributed by atoms with Crippen LogP contribution in [0.2, 0.25) is 0 Å². The normalized spacial score (nSPS) is 23.9. The van der Waals surface area contributed by atoms with Crippen LogP contribution in [0.25, 0.3) is 0 Å². The molecule has 7 heteroatoms. The zero-order valence-corrected chi connectivity index (χ0v) is 15.3. The molecule has 1 N–H and O–H groups in total. The van der Waals surface area contributed by atoms with E-state index < -0.39 is 12.3 Å². The average Bonchev–Trinajstić information content (AvgIpc) is 3.61. The van der Waals surface area contributed by atoms with E-state index >= 15 is 0 Å². The van der Waals surface area contributed by atoms with Crippen molar-refractivity contribution in [3.8, 4) is 5.75 Å². The van der Waals surface area contributed by atoms with Crippen LogP contribution in [-0.4, -0.2) is 71.3 Å². The van der Waals surface area contributed by atoms with Crippen LogP contribution in [0.15, 0.2) is 24.3 Å². The first-order valence-corrected chi connectivity index (χ1v) is 9.63. The number of carbonyl (C=O) groups excluding carboxylic acids is 2. The zero-order chi connectivity index (χ0) is 19.0. The molecule has 3 fully saturated rings. The number of amides is 2. The predicted octanol–water partition coefficient (Wildman–Crippen LogP) is 1.62. The quantitative estimate of drug-likeness (QED) is 0.819. The molecule has 0 spiro atoms. The number of ether oxygens (including phenoxy) is 1. The Morgan fingerprint density at radius 2 is 2.04 bits per heavy atom. The van der Waals surface area contributed by atoms with E-state index in [1.807, 2.05) is 4.90 Å². The molecule has 0 bridgehead atoms. The molecule has 2 amide bonds. The first kappa shape index (κ1) is 18.2. The second-order valence-corrected chi connectivity index (χ2v) is 7.75. The number of nitrogens with zero attached hydrogens (tertiary/aromatic N) is 2. The molecule has 1 saturated heterocycles. The number of hydrogen-bond donors (Lipinski definition) is 1. The van der Waals surface area contributed by atoms with Crippen molar-refractivity contribution in [1.82, 2.24) is 9.80 Å². The Labute approximate surface area is 157 Å². The summed E-state index contributed by atoms with van der Waals surface area (Å²) in [6.45, 7) is 0.761. The number of benzene rings is 1. The van der Waals surface area contributed by atoms with Crippen molar-refractivity contribution >= 4 is 11.8 Å². The summed E-state index contributed by atoms with van der Waals surface area (Å²) in [5, 5.41) is 10.1. The number of halogens is 1. The number of piperazine rings is 1. The van der Waals surface area contributed by atoms with E-state index in [1.54, 1.807) is 29.2 Å². The van der Waals surface area contributed by atoms with E-state index in [0.29, 0.717) is 49.7 Å². The van der Waals surface area contributed by atoms with Gasteiger partial charge in [0.25, 0.3) is 11.8 Å². The van der Waals surface area contributed by atoms with Gasteiger partial charge in [-0.15, -0.1) is 0 Å². The molecule has 1 aliphatic heterocycles. The zero-order valence-electron chi connectivity index (χ0n) is 15.3. The van der Waals surface area contributed by atoms with Crippen LogP contribution < -0.4 is 4.74 Å². The fraction of sp³-hybridized carbons (Fsp3) is 0.600. The summed E-state index contributed by atoms with van der Waals surface area (Å²) < 4.78 is 17.6. The molecule has 146 valence electrons. The van der Waals surface area contributed by atoms with E-state index in [-0.39, 0.29) is 24.5 Å². The standard InChI is InChI=1S/C20H25FN2O4/c21-8-11-27-16-3-1-2-15(12-16)18(24)23-10-9-22(13-17(23)14-4-5-14)19(25)20(26)6-7-20/h1-3,12,14,17,26H,4-11,13H2. The van der Waals surface area contributed by atoms with Gasteiger partial charge in [-0.3, -0.25) is 9.59 Å². The number of alkyl halides is 1. The Hall–Kier alpha value is -2.15. The summed E-state index contributed by atoms with van der Waals surface area (Å²) in [4.78, 5) is 29.2. The molecule has 1 atom stereocenters. The van der Waals surface area contributed by atoms with Crippen molar-refractivity contribution in [3.63, 3.8) is 0 Å². The molecule has 27 heavy (non-hydrogen) atoms. The fourth-order valence-electron chi connectivity index (χ4n) is 3.80. The highest BCUT2D eigenvalue weighted by atomic mass is 19.1. The lowest BCUT2D eigenvalue weighted by atomic mass is 10.0. The van der Waals surface area contributed by atoms with Crippen molar-refractivity contribution in [2.24, 2.45) is 5.92 Å². The molecule has 0 radical (unpaired) electrons. The van der Waals surface area contributed by atoms with Crippen molar-refractivity contribution in [1.29, 1.82) is 0 Å². The molecular weight excluding hydrogens is 351 g/mol. The predicted molar refractivity (Wildman–Crippen MR) is 96.2 cm³/mol. The minimum Gasteiger partial charge on any atom is -0.491 e. The fourth-order valence-corrected chi connectivity index (χ4v) is 3.80. The van der Waals surface area contributed by atoms with Gasteiger partial charge in [0.2, 0.25) is 0 Å². The summed E-state index contributed by atoms with van der Waals surface area (Å²) in [6, 6.07) is 6.80. The third-order valence-electron chi connectivity index (χ3n) is 5.68. The highest BCUT2D eigenvalue weighted by Crippen LogP contribution is 2.40. The maximum atomic E-state index is 13.1. The summed E-state index contributed by atoms with van der Waals surface area (Å²) in [7, 11) is 0. The Morgan fingerprint density at radius 3 is 2.70 bits per heavy atom. The van der Waals surface area contributed by atoms with Gasteiger partial charge in [-0.25, -0.2) is 4.39 Å². The molecule has 6 nitrogen and oxygen atoms in total. The molecule has 0 aromatic heterocycles. The van der Waals surface area contributed by atoms with Crippen LogP contribution in [0.4, 0.5) is 4.39 Å². The van der Waals surface area contributed by atoms with Crippen LogP contribution >= 0.6 is 0 Å². The first-order valence-electron chi connectivity index (χ1n) is 9.63. The van der Waals surface area contributed by atoms with E-state index in [0.717, 1.165) is 12.8 Å². The number of carbonyl (C=O) groups is 2. The third-order valence-corrected chi connectivity index (χ3v) is 5.68. The van der Waals surface area contributed by atoms with Crippen LogP contribution in [0, 0.1) is 5.92 Å². The SMILES string of the molecule is O=C(c1cccc(OCCF)c1)N1CCN(C(=O)C2(O)CC2)CC1C1CC1. The minimum atomic E-state index is -1.16. The lowest BCUT2D eigenvalue weighted by molar-refractivity contribution is -0.145. The van der Waals surface area contributed by atoms with Gasteiger partial charge in [-0.05, 0) is 49.8 Å². The molecule has 2 saturated carbocycles. The van der Waals surface area contributed by atoms with Crippen LogP contribution in [0.1, 0.15) is 36.0 Å². The topological polar surface area (TPSA) is 70.1 Å². The molecule has 1 unspecified atom stereocenters. The summed E-state index contributed by atoms with van der Waals surface area (Å²) >= 11 is 0. The average molecular weight is 376 g/mol. The van der Waals surface area contributed by atoms with Crippen molar-refractivity contribution in [2.45, 2.75) is 37.3 Å². The van der Waals surface area contributed by atoms with Crippen LogP contribution in [-0.2, 0) is 4.79 Å². The van der Waals surface area contributed by atoms with Gasteiger partial charge in [-0.2, -0.15) is 0 Å². The summed E-state index contributed by atoms with van der Waals surface area (Å²) in [6.07, 6.45) is 3.18. The Kier molecular flexibility index (Phi) is 4.80. The maximum absolute atomic E-state index is 13.1. The Balaban J connectivity index is 1.48. The highest BCUT2D eigenvalue weighted by molar-refractivity contribution is 5.95. The largest absolute Gasteiger partial charge is 0.491 e. The second-order valence-electron chi connectivity index (χ2n) is 7.75. The molecule has 4 rings (SSSR count). The van der Waals surface area contributed by atoms with Gasteiger partial charge in [0, 0.05) is 25.2 Å². The van der Waals surface area contributed by atoms with Gasteiger partial charge in [-0.1, -0.05) is 6.07 Å². The summed E-state index contributed by atoms with van der Waals surface area (Å²) in [5.74, 6) is 0.604. The number of aliphatic hydroxyl groups is 1. The summed E-state index contributed by atoms with van der Waals surface area (Å²) in [5.41, 5.74) is -0.653. The molecule has 2 aliphatic carbocycles. The van der Waals surface area contributed by atoms with E-state index in [2.05, 4.69) is 0 Å². The lowest BCUT2D eigenvalue weighted by Gasteiger charge is -2.42. The minimum absolute atomic E-state index is 0.0204. The monoisotopic (exact) mass is 376 g/mol. The van der Waals surface area contributed by atoms with E-state index in [9.17, 15) is 19.1 Å². The van der Waals surface area contributed by atoms with Crippen LogP contribution in [0.5, 0.6) is 5.75 Å². The molecular formula is C20H25FN2O4. The second kappa shape index (κ2) is 7.11. The number of hydrogen-bond acceptors (Lipinski definition) is 4. The first-order chi connectivity index (χ1) is 13.0. The van der Waals surface area contributed by atoms with Crippen LogP contribution in [0.3, 0.4) is 0 Å². The van der Waals surface area contributed by atoms with Gasteiger partial charge < -0.3 is 19.6 Å². The Bertz CT molecular complexity index is 732. The van der Waals surface area contributed by atoms with Crippen molar-refractivity contribution in [2.75, 3.05) is 32.9 Å². The Morgan fingerprint density at radius 1 is 1.26 bits per heavy atom. The lowest BCUT2D eigenvalue weighted by Crippen LogP contribution is -2.59. The molecule has 3 aliphatic rings. The van der Waals surface area contributed by atoms with Crippen molar-refractivity contribution in [3.05, 3.63) is 29.8 Å². The van der Waals surface area contributed by atoms with Gasteiger partial charge in [0.1, 0.15) is 24.6 Å². The van der Waals surface area contributed by atoms with E-state index in [4.69, 9.17) is 4.74 Å².